The summed E-state index contributed by atoms with van der Waals surface area (Å²) < 4.78 is 26.5. The minimum atomic E-state index is -3.34. The van der Waals surface area contributed by atoms with Crippen molar-refractivity contribution < 1.29 is 13.2 Å². The molecule has 178 valence electrons. The van der Waals surface area contributed by atoms with Gasteiger partial charge in [0, 0.05) is 47.3 Å². The summed E-state index contributed by atoms with van der Waals surface area (Å²) in [7, 11) is -3.34. The van der Waals surface area contributed by atoms with Gasteiger partial charge in [-0.2, -0.15) is 0 Å². The van der Waals surface area contributed by atoms with Gasteiger partial charge in [0.15, 0.2) is 0 Å². The number of halogens is 1. The van der Waals surface area contributed by atoms with Crippen LogP contribution in [0.3, 0.4) is 0 Å². The topological polar surface area (TPSA) is 92.3 Å². The Labute approximate surface area is 208 Å². The zero-order chi connectivity index (χ0) is 24.4. The lowest BCUT2D eigenvalue weighted by atomic mass is 10.0. The highest BCUT2D eigenvalue weighted by molar-refractivity contribution is 7.92. The van der Waals surface area contributed by atoms with Crippen molar-refractivity contribution in [3.8, 4) is 11.3 Å². The lowest BCUT2D eigenvalue weighted by Crippen LogP contribution is -2.32. The number of sulfonamides is 1. The third kappa shape index (κ3) is 4.85. The van der Waals surface area contributed by atoms with E-state index in [0.29, 0.717) is 46.2 Å². The molecule has 5 rings (SSSR count). The van der Waals surface area contributed by atoms with Crippen LogP contribution in [-0.4, -0.2) is 36.6 Å². The molecule has 35 heavy (non-hydrogen) atoms. The van der Waals surface area contributed by atoms with Gasteiger partial charge in [-0.25, -0.2) is 8.42 Å². The number of anilines is 2. The lowest BCUT2D eigenvalue weighted by Gasteiger charge is -2.22. The molecule has 7 nitrogen and oxygen atoms in total. The van der Waals surface area contributed by atoms with Crippen molar-refractivity contribution in [2.75, 3.05) is 21.9 Å². The number of fused-ring (bicyclic) bond motifs is 1. The molecule has 1 amide bonds. The summed E-state index contributed by atoms with van der Waals surface area (Å²) in [6.07, 6.45) is 7.56. The van der Waals surface area contributed by atoms with E-state index < -0.39 is 10.0 Å². The number of amides is 1. The second-order valence-corrected chi connectivity index (χ2v) is 10.8. The van der Waals surface area contributed by atoms with Crippen LogP contribution in [0.5, 0.6) is 0 Å². The number of benzene rings is 2. The Morgan fingerprint density at radius 3 is 2.60 bits per heavy atom. The van der Waals surface area contributed by atoms with Gasteiger partial charge in [0.1, 0.15) is 0 Å². The first-order valence-electron chi connectivity index (χ1n) is 11.3. The minimum Gasteiger partial charge on any atom is -0.322 e. The molecule has 0 radical (unpaired) electrons. The molecule has 0 spiro atoms. The molecule has 4 aromatic rings. The number of hydrogen-bond acceptors (Lipinski definition) is 5. The zero-order valence-corrected chi connectivity index (χ0v) is 20.4. The maximum absolute atomic E-state index is 12.9. The maximum Gasteiger partial charge on any atom is 0.255 e. The van der Waals surface area contributed by atoms with Gasteiger partial charge in [-0.05, 0) is 72.8 Å². The predicted octanol–water partition coefficient (Wildman–Crippen LogP) is 5.52. The van der Waals surface area contributed by atoms with Crippen LogP contribution in [0, 0.1) is 0 Å². The van der Waals surface area contributed by atoms with Crippen molar-refractivity contribution in [3.63, 3.8) is 0 Å². The van der Waals surface area contributed by atoms with E-state index in [4.69, 9.17) is 11.6 Å². The molecule has 1 aliphatic rings. The molecule has 2 aromatic heterocycles. The van der Waals surface area contributed by atoms with Crippen LogP contribution < -0.4 is 9.62 Å². The number of nitrogens with one attached hydrogen (secondary N) is 1. The van der Waals surface area contributed by atoms with Crippen molar-refractivity contribution in [1.29, 1.82) is 0 Å². The average Bonchev–Trinajstić information content (AvgIpc) is 3.05. The van der Waals surface area contributed by atoms with E-state index in [0.717, 1.165) is 23.6 Å². The predicted molar refractivity (Wildman–Crippen MR) is 139 cm³/mol. The van der Waals surface area contributed by atoms with Gasteiger partial charge >= 0.3 is 0 Å². The molecular formula is C26H23ClN4O3S. The molecule has 0 aliphatic carbocycles. The fourth-order valence-corrected chi connectivity index (χ4v) is 6.09. The first-order chi connectivity index (χ1) is 16.9. The van der Waals surface area contributed by atoms with Crippen LogP contribution >= 0.6 is 11.6 Å². The van der Waals surface area contributed by atoms with Crippen LogP contribution in [0.2, 0.25) is 5.02 Å². The van der Waals surface area contributed by atoms with Crippen LogP contribution in [0.4, 0.5) is 11.4 Å². The van der Waals surface area contributed by atoms with E-state index in [2.05, 4.69) is 15.3 Å². The molecule has 0 saturated carbocycles. The normalized spacial score (nSPS) is 15.5. The molecule has 0 atom stereocenters. The molecule has 1 fully saturated rings. The van der Waals surface area contributed by atoms with E-state index in [9.17, 15) is 13.2 Å². The fourth-order valence-electron chi connectivity index (χ4n) is 4.25. The third-order valence-electron chi connectivity index (χ3n) is 6.06. The molecule has 1 N–H and O–H groups in total. The first kappa shape index (κ1) is 23.3. The molecule has 2 aromatic carbocycles. The Morgan fingerprint density at radius 1 is 0.971 bits per heavy atom. The van der Waals surface area contributed by atoms with Gasteiger partial charge in [0.25, 0.3) is 5.91 Å². The summed E-state index contributed by atoms with van der Waals surface area (Å²) in [5.74, 6) is -0.161. The van der Waals surface area contributed by atoms with Gasteiger partial charge in [-0.1, -0.05) is 18.0 Å². The maximum atomic E-state index is 12.9. The molecule has 0 unspecified atom stereocenters. The van der Waals surface area contributed by atoms with E-state index in [1.807, 2.05) is 12.1 Å². The lowest BCUT2D eigenvalue weighted by molar-refractivity contribution is 0.102. The van der Waals surface area contributed by atoms with Gasteiger partial charge in [0.05, 0.1) is 22.2 Å². The summed E-state index contributed by atoms with van der Waals surface area (Å²) in [4.78, 5) is 21.6. The second kappa shape index (κ2) is 9.64. The second-order valence-electron chi connectivity index (χ2n) is 8.40. The highest BCUT2D eigenvalue weighted by Crippen LogP contribution is 2.33. The number of rotatable bonds is 4. The SMILES string of the molecule is O=C(Nc1ccc(Cl)c(-c2nccc3ccncc23)c1)c1ccc(N2CCCCCS2(=O)=O)cc1. The average molecular weight is 507 g/mol. The first-order valence-corrected chi connectivity index (χ1v) is 13.3. The Morgan fingerprint density at radius 2 is 1.77 bits per heavy atom. The van der Waals surface area contributed by atoms with E-state index >= 15 is 0 Å². The molecule has 1 aliphatic heterocycles. The Kier molecular flexibility index (Phi) is 6.40. The third-order valence-corrected chi connectivity index (χ3v) is 8.26. The van der Waals surface area contributed by atoms with Gasteiger partial charge < -0.3 is 5.32 Å². The number of aromatic nitrogens is 2. The van der Waals surface area contributed by atoms with E-state index in [1.54, 1.807) is 61.1 Å². The van der Waals surface area contributed by atoms with Crippen LogP contribution in [0.1, 0.15) is 29.6 Å². The van der Waals surface area contributed by atoms with Crippen LogP contribution in [-0.2, 0) is 10.0 Å². The number of hydrogen-bond donors (Lipinski definition) is 1. The summed E-state index contributed by atoms with van der Waals surface area (Å²) in [5.41, 5.74) is 2.93. The molecule has 0 bridgehead atoms. The van der Waals surface area contributed by atoms with Gasteiger partial charge in [-0.3, -0.25) is 19.1 Å². The van der Waals surface area contributed by atoms with Crippen LogP contribution in [0.25, 0.3) is 22.0 Å². The van der Waals surface area contributed by atoms with Crippen molar-refractivity contribution in [2.45, 2.75) is 19.3 Å². The van der Waals surface area contributed by atoms with Gasteiger partial charge in [-0.15, -0.1) is 0 Å². The molecular weight excluding hydrogens is 484 g/mol. The highest BCUT2D eigenvalue weighted by atomic mass is 35.5. The van der Waals surface area contributed by atoms with Crippen LogP contribution in [0.15, 0.2) is 73.2 Å². The standard InChI is InChI=1S/C26H23ClN4O3S/c27-24-9-6-20(16-22(24)25-23-17-28-12-10-18(23)11-13-29-25)30-26(32)19-4-7-21(8-5-19)31-14-2-1-3-15-35(31,33)34/h4-13,16-17H,1-3,14-15H2,(H,30,32). The molecule has 1 saturated heterocycles. The summed E-state index contributed by atoms with van der Waals surface area (Å²) in [6.45, 7) is 0.457. The zero-order valence-electron chi connectivity index (χ0n) is 18.8. The van der Waals surface area contributed by atoms with Gasteiger partial charge in [0.2, 0.25) is 10.0 Å². The van der Waals surface area contributed by atoms with Crippen molar-refractivity contribution in [1.82, 2.24) is 9.97 Å². The minimum absolute atomic E-state index is 0.149. The Balaban J connectivity index is 1.39. The Bertz CT molecular complexity index is 1500. The number of pyridine rings is 2. The van der Waals surface area contributed by atoms with Crippen molar-refractivity contribution in [3.05, 3.63) is 83.8 Å². The van der Waals surface area contributed by atoms with E-state index in [-0.39, 0.29) is 11.7 Å². The molecule has 3 heterocycles. The smallest absolute Gasteiger partial charge is 0.255 e. The highest BCUT2D eigenvalue weighted by Gasteiger charge is 2.24. The summed E-state index contributed by atoms with van der Waals surface area (Å²) in [5, 5.41) is 5.25. The molecule has 9 heteroatoms. The monoisotopic (exact) mass is 506 g/mol. The summed E-state index contributed by atoms with van der Waals surface area (Å²) in [6, 6.07) is 15.7. The Hall–Kier alpha value is -3.49. The number of carbonyl (C=O) groups excluding carboxylic acids is 1. The van der Waals surface area contributed by atoms with Crippen molar-refractivity contribution in [2.24, 2.45) is 0 Å². The number of nitrogens with zero attached hydrogens (tertiary/aromatic N) is 3. The quantitative estimate of drug-likeness (QED) is 0.393. The number of carbonyl (C=O) groups is 1. The fraction of sp³-hybridized carbons (Fsp3) is 0.192. The largest absolute Gasteiger partial charge is 0.322 e. The van der Waals surface area contributed by atoms with E-state index in [1.165, 1.54) is 4.31 Å². The summed E-state index contributed by atoms with van der Waals surface area (Å²) >= 11 is 6.48. The van der Waals surface area contributed by atoms with Crippen molar-refractivity contribution >= 4 is 49.7 Å².